The number of anilines is 2. The topological polar surface area (TPSA) is 231 Å². The maximum Gasteiger partial charge on any atom is 0.326 e. The Bertz CT molecular complexity index is 1290. The lowest BCUT2D eigenvalue weighted by Gasteiger charge is -2.20. The van der Waals surface area contributed by atoms with Crippen LogP contribution in [0.15, 0.2) is 35.3 Å². The number of nitrogens with zero attached hydrogens (tertiary/aromatic N) is 4. The van der Waals surface area contributed by atoms with Crippen LogP contribution >= 0.6 is 0 Å². The van der Waals surface area contributed by atoms with E-state index in [4.69, 9.17) is 16.6 Å². The van der Waals surface area contributed by atoms with Gasteiger partial charge >= 0.3 is 11.9 Å². The monoisotopic (exact) mass is 470 g/mol. The zero-order valence-electron chi connectivity index (χ0n) is 17.9. The van der Waals surface area contributed by atoms with Crippen molar-refractivity contribution in [1.29, 1.82) is 0 Å². The third-order valence-corrected chi connectivity index (χ3v) is 4.87. The molecule has 0 aliphatic carbocycles. The summed E-state index contributed by atoms with van der Waals surface area (Å²) in [6.07, 6.45) is 1.01. The first kappa shape index (κ1) is 24.1. The van der Waals surface area contributed by atoms with Crippen LogP contribution in [0.4, 0.5) is 11.6 Å². The number of aliphatic carboxylic acids is 2. The maximum absolute atomic E-state index is 12.4. The minimum Gasteiger partial charge on any atom is -0.480 e. The number of benzene rings is 1. The molecule has 3 rings (SSSR count). The van der Waals surface area contributed by atoms with E-state index in [0.29, 0.717) is 11.4 Å². The molecule has 3 aromatic rings. The Morgan fingerprint density at radius 1 is 1.15 bits per heavy atom. The number of carboxylic acids is 2. The maximum atomic E-state index is 12.4. The highest BCUT2D eigenvalue weighted by Gasteiger charge is 2.26. The largest absolute Gasteiger partial charge is 0.480 e. The van der Waals surface area contributed by atoms with Gasteiger partial charge in [-0.05, 0) is 24.3 Å². The standard InChI is InChI=1S/C20H22N8O6/c1-28(8-10-7-23-15-14(24-10)17(30)27-20(22)26-15)11-4-2-9(3-5-11)16(29)25-13(19(33)34)6-12(21)18(31)32/h2-5,7,12-13H,6,8,21H2,1H3,(H,25,29)(H,31,32)(H,33,34)(H3,22,23,26,27,30)/t12?,13-/m0/s1. The molecule has 1 amide bonds. The van der Waals surface area contributed by atoms with Crippen LogP contribution in [0, 0.1) is 0 Å². The number of aromatic nitrogens is 4. The molecule has 0 saturated heterocycles. The zero-order chi connectivity index (χ0) is 25.0. The summed E-state index contributed by atoms with van der Waals surface area (Å²) >= 11 is 0. The van der Waals surface area contributed by atoms with Crippen molar-refractivity contribution in [3.05, 3.63) is 52.1 Å². The van der Waals surface area contributed by atoms with Gasteiger partial charge in [-0.3, -0.25) is 19.4 Å². The lowest BCUT2D eigenvalue weighted by molar-refractivity contribution is -0.141. The molecule has 0 aliphatic rings. The van der Waals surface area contributed by atoms with Gasteiger partial charge in [-0.15, -0.1) is 0 Å². The highest BCUT2D eigenvalue weighted by molar-refractivity contribution is 5.97. The number of carbonyl (C=O) groups is 3. The molecule has 2 atom stereocenters. The molecule has 8 N–H and O–H groups in total. The number of fused-ring (bicyclic) bond motifs is 1. The van der Waals surface area contributed by atoms with Gasteiger partial charge in [-0.25, -0.2) is 14.8 Å². The van der Waals surface area contributed by atoms with E-state index in [1.807, 2.05) is 0 Å². The predicted octanol–water partition coefficient (Wildman–Crippen LogP) is -1.08. The number of nitrogens with two attached hydrogens (primary N) is 2. The van der Waals surface area contributed by atoms with Crippen molar-refractivity contribution in [2.75, 3.05) is 17.7 Å². The third kappa shape index (κ3) is 5.60. The fraction of sp³-hybridized carbons (Fsp3) is 0.250. The molecule has 0 radical (unpaired) electrons. The second-order valence-corrected chi connectivity index (χ2v) is 7.43. The number of rotatable bonds is 9. The van der Waals surface area contributed by atoms with Crippen LogP contribution in [-0.4, -0.2) is 67.1 Å². The second kappa shape index (κ2) is 9.91. The molecule has 14 heteroatoms. The van der Waals surface area contributed by atoms with Crippen molar-refractivity contribution in [1.82, 2.24) is 25.3 Å². The molecule has 0 spiro atoms. The Morgan fingerprint density at radius 3 is 2.44 bits per heavy atom. The molecular weight excluding hydrogens is 448 g/mol. The Labute approximate surface area is 191 Å². The number of carboxylic acid groups (broad SMARTS) is 2. The first-order chi connectivity index (χ1) is 16.0. The molecule has 14 nitrogen and oxygen atoms in total. The zero-order valence-corrected chi connectivity index (χ0v) is 17.9. The molecule has 1 unspecified atom stereocenters. The summed E-state index contributed by atoms with van der Waals surface area (Å²) in [7, 11) is 1.76. The third-order valence-electron chi connectivity index (χ3n) is 4.87. The van der Waals surface area contributed by atoms with E-state index in [9.17, 15) is 24.3 Å². The number of hydrogen-bond acceptors (Lipinski definition) is 10. The number of nitrogens with one attached hydrogen (secondary N) is 2. The van der Waals surface area contributed by atoms with E-state index in [0.717, 1.165) is 0 Å². The van der Waals surface area contributed by atoms with Crippen molar-refractivity contribution >= 4 is 40.6 Å². The van der Waals surface area contributed by atoms with Gasteiger partial charge in [0.05, 0.1) is 18.4 Å². The summed E-state index contributed by atoms with van der Waals surface area (Å²) in [6.45, 7) is 0.284. The number of carbonyl (C=O) groups excluding carboxylic acids is 1. The van der Waals surface area contributed by atoms with Gasteiger partial charge in [0.25, 0.3) is 11.5 Å². The molecule has 34 heavy (non-hydrogen) atoms. The SMILES string of the molecule is CN(Cc1cnc2nc(N)[nH]c(=O)c2n1)c1ccc(C(=O)N[C@@H](CC(N)C(=O)O)C(=O)O)cc1. The Balaban J connectivity index is 1.69. The molecular formula is C20H22N8O6. The molecule has 0 aliphatic heterocycles. The molecule has 0 saturated carbocycles. The average Bonchev–Trinajstić information content (AvgIpc) is 2.78. The van der Waals surface area contributed by atoms with E-state index in [1.165, 1.54) is 18.3 Å². The highest BCUT2D eigenvalue weighted by atomic mass is 16.4. The van der Waals surface area contributed by atoms with Crippen LogP contribution in [0.1, 0.15) is 22.5 Å². The summed E-state index contributed by atoms with van der Waals surface area (Å²) in [5.74, 6) is -3.51. The van der Waals surface area contributed by atoms with E-state index in [-0.39, 0.29) is 29.2 Å². The fourth-order valence-electron chi connectivity index (χ4n) is 3.07. The van der Waals surface area contributed by atoms with Gasteiger partial charge in [0.15, 0.2) is 11.2 Å². The van der Waals surface area contributed by atoms with E-state index in [2.05, 4.69) is 25.3 Å². The van der Waals surface area contributed by atoms with Crippen LogP contribution in [0.2, 0.25) is 0 Å². The summed E-state index contributed by atoms with van der Waals surface area (Å²) in [4.78, 5) is 63.1. The number of aromatic amines is 1. The highest BCUT2D eigenvalue weighted by Crippen LogP contribution is 2.16. The van der Waals surface area contributed by atoms with E-state index < -0.39 is 41.9 Å². The van der Waals surface area contributed by atoms with Gasteiger partial charge in [0.2, 0.25) is 5.95 Å². The fourth-order valence-corrected chi connectivity index (χ4v) is 3.07. The molecule has 2 heterocycles. The Hall–Kier alpha value is -4.59. The Kier molecular flexibility index (Phi) is 7.01. The van der Waals surface area contributed by atoms with Crippen molar-refractivity contribution in [2.24, 2.45) is 5.73 Å². The summed E-state index contributed by atoms with van der Waals surface area (Å²) in [6, 6.07) is 3.36. The predicted molar refractivity (Wildman–Crippen MR) is 120 cm³/mol. The number of nitrogen functional groups attached to an aromatic ring is 1. The molecule has 2 aromatic heterocycles. The molecule has 0 fully saturated rings. The van der Waals surface area contributed by atoms with Gasteiger partial charge in [-0.2, -0.15) is 4.98 Å². The van der Waals surface area contributed by atoms with Gasteiger partial charge in [0, 0.05) is 24.7 Å². The van der Waals surface area contributed by atoms with Crippen molar-refractivity contribution < 1.29 is 24.6 Å². The minimum atomic E-state index is -1.46. The van der Waals surface area contributed by atoms with Crippen LogP contribution < -0.4 is 27.2 Å². The molecule has 1 aromatic carbocycles. The van der Waals surface area contributed by atoms with E-state index in [1.54, 1.807) is 24.1 Å². The van der Waals surface area contributed by atoms with Crippen LogP contribution in [0.25, 0.3) is 11.2 Å². The smallest absolute Gasteiger partial charge is 0.326 e. The number of hydrogen-bond donors (Lipinski definition) is 6. The Morgan fingerprint density at radius 2 is 1.82 bits per heavy atom. The number of amides is 1. The van der Waals surface area contributed by atoms with Crippen LogP contribution in [-0.2, 0) is 16.1 Å². The average molecular weight is 470 g/mol. The van der Waals surface area contributed by atoms with Crippen molar-refractivity contribution in [2.45, 2.75) is 25.0 Å². The lowest BCUT2D eigenvalue weighted by Crippen LogP contribution is -2.46. The quantitative estimate of drug-likeness (QED) is 0.219. The van der Waals surface area contributed by atoms with Gasteiger partial charge < -0.3 is 31.9 Å². The molecule has 0 bridgehead atoms. The van der Waals surface area contributed by atoms with Crippen molar-refractivity contribution in [3.63, 3.8) is 0 Å². The summed E-state index contributed by atoms with van der Waals surface area (Å²) in [5.41, 5.74) is 11.9. The van der Waals surface area contributed by atoms with Crippen molar-refractivity contribution in [3.8, 4) is 0 Å². The summed E-state index contributed by atoms with van der Waals surface area (Å²) < 4.78 is 0. The first-order valence-corrected chi connectivity index (χ1v) is 9.90. The van der Waals surface area contributed by atoms with Gasteiger partial charge in [0.1, 0.15) is 12.1 Å². The van der Waals surface area contributed by atoms with Gasteiger partial charge in [-0.1, -0.05) is 0 Å². The van der Waals surface area contributed by atoms with Crippen LogP contribution in [0.5, 0.6) is 0 Å². The second-order valence-electron chi connectivity index (χ2n) is 7.43. The normalized spacial score (nSPS) is 12.6. The first-order valence-electron chi connectivity index (χ1n) is 9.90. The minimum absolute atomic E-state index is 0.0554. The lowest BCUT2D eigenvalue weighted by atomic mass is 10.1. The van der Waals surface area contributed by atoms with E-state index >= 15 is 0 Å². The number of H-pyrrole nitrogens is 1. The molecule has 178 valence electrons. The van der Waals surface area contributed by atoms with Crippen LogP contribution in [0.3, 0.4) is 0 Å². The summed E-state index contributed by atoms with van der Waals surface area (Å²) in [5, 5.41) is 20.4.